The number of primary amides is 1. The molecule has 3 nitrogen and oxygen atoms in total. The maximum absolute atomic E-state index is 13.3. The molecule has 0 radical (unpaired) electrons. The van der Waals surface area contributed by atoms with E-state index in [1.54, 1.807) is 0 Å². The first-order valence-electron chi connectivity index (χ1n) is 11.1. The van der Waals surface area contributed by atoms with Gasteiger partial charge in [-0.3, -0.25) is 9.59 Å². The molecule has 0 heterocycles. The molecule has 0 saturated carbocycles. The molecule has 0 aromatic heterocycles. The Balaban J connectivity index is 1.51. The van der Waals surface area contributed by atoms with Gasteiger partial charge in [0.1, 0.15) is 0 Å². The fourth-order valence-electron chi connectivity index (χ4n) is 4.74. The van der Waals surface area contributed by atoms with Gasteiger partial charge in [0.15, 0.2) is 5.78 Å². The zero-order chi connectivity index (χ0) is 21.8. The second-order valence-electron chi connectivity index (χ2n) is 8.64. The van der Waals surface area contributed by atoms with Crippen LogP contribution in [0.5, 0.6) is 0 Å². The average molecular weight is 412 g/mol. The summed E-state index contributed by atoms with van der Waals surface area (Å²) in [4.78, 5) is 25.1. The highest BCUT2D eigenvalue weighted by Crippen LogP contribution is 2.36. The van der Waals surface area contributed by atoms with Crippen LogP contribution in [0.15, 0.2) is 89.5 Å². The molecule has 0 fully saturated rings. The third kappa shape index (κ3) is 4.77. The molecular formula is C28H29NO2. The molecule has 0 aliphatic heterocycles. The van der Waals surface area contributed by atoms with Crippen LogP contribution in [0.1, 0.15) is 49.4 Å². The summed E-state index contributed by atoms with van der Waals surface area (Å²) < 4.78 is 0. The molecule has 2 unspecified atom stereocenters. The molecule has 2 aliphatic carbocycles. The van der Waals surface area contributed by atoms with Crippen LogP contribution in [0.25, 0.3) is 11.1 Å². The van der Waals surface area contributed by atoms with Gasteiger partial charge < -0.3 is 5.73 Å². The molecule has 2 aromatic carbocycles. The van der Waals surface area contributed by atoms with Crippen molar-refractivity contribution in [2.75, 3.05) is 0 Å². The normalized spacial score (nSPS) is 24.1. The van der Waals surface area contributed by atoms with Crippen molar-refractivity contribution in [1.29, 1.82) is 0 Å². The lowest BCUT2D eigenvalue weighted by Gasteiger charge is -2.19. The molecule has 3 heteroatoms. The molecule has 0 saturated heterocycles. The highest BCUT2D eigenvalue weighted by atomic mass is 16.1. The molecule has 158 valence electrons. The number of rotatable bonds is 4. The summed E-state index contributed by atoms with van der Waals surface area (Å²) >= 11 is 0. The summed E-state index contributed by atoms with van der Waals surface area (Å²) in [5.74, 6) is 0.241. The number of amides is 1. The zero-order valence-electron chi connectivity index (χ0n) is 18.0. The average Bonchev–Trinajstić information content (AvgIpc) is 2.99. The largest absolute Gasteiger partial charge is 0.366 e. The Morgan fingerprint density at radius 1 is 0.903 bits per heavy atom. The van der Waals surface area contributed by atoms with E-state index >= 15 is 0 Å². The Morgan fingerprint density at radius 3 is 2.29 bits per heavy atom. The summed E-state index contributed by atoms with van der Waals surface area (Å²) in [6, 6.07) is 18.2. The van der Waals surface area contributed by atoms with Gasteiger partial charge >= 0.3 is 0 Å². The van der Waals surface area contributed by atoms with Gasteiger partial charge in [-0.1, -0.05) is 79.2 Å². The van der Waals surface area contributed by atoms with Crippen LogP contribution in [0.4, 0.5) is 0 Å². The van der Waals surface area contributed by atoms with E-state index in [0.29, 0.717) is 11.5 Å². The highest BCUT2D eigenvalue weighted by molar-refractivity contribution is 5.98. The third-order valence-corrected chi connectivity index (χ3v) is 6.58. The Bertz CT molecular complexity index is 1060. The highest BCUT2D eigenvalue weighted by Gasteiger charge is 2.26. The van der Waals surface area contributed by atoms with Crippen LogP contribution >= 0.6 is 0 Å². The predicted octanol–water partition coefficient (Wildman–Crippen LogP) is 6.03. The summed E-state index contributed by atoms with van der Waals surface area (Å²) in [5, 5.41) is 0. The van der Waals surface area contributed by atoms with E-state index in [2.05, 4.69) is 19.1 Å². The molecule has 31 heavy (non-hydrogen) atoms. The minimum Gasteiger partial charge on any atom is -0.366 e. The fourth-order valence-corrected chi connectivity index (χ4v) is 4.74. The predicted molar refractivity (Wildman–Crippen MR) is 125 cm³/mol. The summed E-state index contributed by atoms with van der Waals surface area (Å²) in [6.45, 7) is 2.23. The molecule has 0 spiro atoms. The Labute approximate surface area is 184 Å². The van der Waals surface area contributed by atoms with Gasteiger partial charge in [0.25, 0.3) is 0 Å². The number of allylic oxidation sites excluding steroid dienone is 4. The monoisotopic (exact) mass is 411 g/mol. The van der Waals surface area contributed by atoms with Crippen LogP contribution in [-0.4, -0.2) is 11.7 Å². The van der Waals surface area contributed by atoms with Gasteiger partial charge in [-0.2, -0.15) is 0 Å². The maximum atomic E-state index is 13.3. The zero-order valence-corrected chi connectivity index (χ0v) is 18.0. The third-order valence-electron chi connectivity index (χ3n) is 6.58. The van der Waals surface area contributed by atoms with E-state index in [9.17, 15) is 9.59 Å². The van der Waals surface area contributed by atoms with Gasteiger partial charge in [-0.25, -0.2) is 0 Å². The minimum absolute atomic E-state index is 0.00131. The van der Waals surface area contributed by atoms with E-state index in [0.717, 1.165) is 48.8 Å². The van der Waals surface area contributed by atoms with Crippen LogP contribution in [-0.2, 0) is 4.79 Å². The Hall–Kier alpha value is -3.20. The molecule has 0 bridgehead atoms. The van der Waals surface area contributed by atoms with Crippen molar-refractivity contribution in [2.24, 2.45) is 17.6 Å². The van der Waals surface area contributed by atoms with E-state index in [1.807, 2.05) is 60.7 Å². The molecule has 2 aromatic rings. The maximum Gasteiger partial charge on any atom is 0.248 e. The Kier molecular flexibility index (Phi) is 6.31. The summed E-state index contributed by atoms with van der Waals surface area (Å²) in [6.07, 6.45) is 10.1. The molecule has 1 amide bonds. The summed E-state index contributed by atoms with van der Waals surface area (Å²) in [5.41, 5.74) is 11.7. The number of ketones is 1. The Morgan fingerprint density at radius 2 is 1.58 bits per heavy atom. The van der Waals surface area contributed by atoms with Crippen molar-refractivity contribution in [3.8, 4) is 11.1 Å². The fraction of sp³-hybridized carbons (Fsp3) is 0.286. The lowest BCUT2D eigenvalue weighted by molar-refractivity contribution is -0.114. The van der Waals surface area contributed by atoms with Crippen LogP contribution in [0, 0.1) is 11.8 Å². The molecule has 4 rings (SSSR count). The van der Waals surface area contributed by atoms with Crippen LogP contribution in [0.2, 0.25) is 0 Å². The number of nitrogens with two attached hydrogens (primary N) is 1. The van der Waals surface area contributed by atoms with E-state index in [-0.39, 0.29) is 11.7 Å². The molecule has 2 aliphatic rings. The standard InChI is InChI=1S/C28H29NO2/c1-19-6-5-9-25(28(29)31)18-24-15-14-23(16-17-26(19)24)27(30)22-12-10-21(11-13-22)20-7-3-2-4-8-20/h2-5,7-13,18-19,23H,6,14-17H2,1H3,(H2,29,31)/b9-5+,25-18+. The minimum atomic E-state index is -0.395. The van der Waals surface area contributed by atoms with E-state index < -0.39 is 5.91 Å². The van der Waals surface area contributed by atoms with Crippen molar-refractivity contribution in [1.82, 2.24) is 0 Å². The van der Waals surface area contributed by atoms with Gasteiger partial charge in [0, 0.05) is 17.1 Å². The van der Waals surface area contributed by atoms with Gasteiger partial charge in [-0.05, 0) is 60.8 Å². The lowest BCUT2D eigenvalue weighted by Crippen LogP contribution is -2.14. The number of benzene rings is 2. The van der Waals surface area contributed by atoms with E-state index in [1.165, 1.54) is 11.1 Å². The van der Waals surface area contributed by atoms with E-state index in [4.69, 9.17) is 5.73 Å². The first-order chi connectivity index (χ1) is 15.0. The van der Waals surface area contributed by atoms with Crippen molar-refractivity contribution >= 4 is 11.7 Å². The molecule has 2 N–H and O–H groups in total. The van der Waals surface area contributed by atoms with Gasteiger partial charge in [0.05, 0.1) is 0 Å². The molecular weight excluding hydrogens is 382 g/mol. The number of Topliss-reactive ketones (excluding diaryl/α,β-unsaturated/α-hetero) is 1. The van der Waals surface area contributed by atoms with Gasteiger partial charge in [-0.15, -0.1) is 0 Å². The van der Waals surface area contributed by atoms with Crippen molar-refractivity contribution in [3.63, 3.8) is 0 Å². The smallest absolute Gasteiger partial charge is 0.248 e. The first-order valence-corrected chi connectivity index (χ1v) is 11.1. The van der Waals surface area contributed by atoms with Crippen molar-refractivity contribution in [2.45, 2.75) is 39.0 Å². The van der Waals surface area contributed by atoms with Crippen LogP contribution < -0.4 is 5.73 Å². The topological polar surface area (TPSA) is 60.2 Å². The second kappa shape index (κ2) is 9.30. The number of carbonyl (C=O) groups is 2. The lowest BCUT2D eigenvalue weighted by atomic mass is 9.86. The SMILES string of the molecule is CC1C/C=C/C(C(N)=O)=C\C2=C1CCC(C(=O)c1ccc(-c3ccccc3)cc1)CC2. The number of hydrogen-bond donors (Lipinski definition) is 1. The van der Waals surface area contributed by atoms with Crippen LogP contribution in [0.3, 0.4) is 0 Å². The number of hydrogen-bond acceptors (Lipinski definition) is 2. The second-order valence-corrected chi connectivity index (χ2v) is 8.64. The quantitative estimate of drug-likeness (QED) is 0.624. The van der Waals surface area contributed by atoms with Crippen molar-refractivity contribution in [3.05, 3.63) is 95.1 Å². The number of carbonyl (C=O) groups excluding carboxylic acids is 2. The molecule has 2 atom stereocenters. The van der Waals surface area contributed by atoms with Crippen molar-refractivity contribution < 1.29 is 9.59 Å². The van der Waals surface area contributed by atoms with Gasteiger partial charge in [0.2, 0.25) is 5.91 Å². The summed E-state index contributed by atoms with van der Waals surface area (Å²) in [7, 11) is 0. The first kappa shape index (κ1) is 21.0.